The van der Waals surface area contributed by atoms with Crippen LogP contribution in [0.5, 0.6) is 0 Å². The van der Waals surface area contributed by atoms with Crippen molar-refractivity contribution in [2.24, 2.45) is 0 Å². The van der Waals surface area contributed by atoms with Crippen LogP contribution in [0.4, 0.5) is 0 Å². The van der Waals surface area contributed by atoms with Gasteiger partial charge in [-0.15, -0.1) is 0 Å². The SMILES string of the molecule is O=Cc1cccn1-c1ccc(Cl)c(C(=O)O)c1. The van der Waals surface area contributed by atoms with E-state index in [9.17, 15) is 9.59 Å². The summed E-state index contributed by atoms with van der Waals surface area (Å²) >= 11 is 5.77. The van der Waals surface area contributed by atoms with E-state index in [4.69, 9.17) is 16.7 Å². The van der Waals surface area contributed by atoms with Gasteiger partial charge in [0.15, 0.2) is 6.29 Å². The van der Waals surface area contributed by atoms with Gasteiger partial charge in [-0.3, -0.25) is 4.79 Å². The Morgan fingerprint density at radius 3 is 2.76 bits per heavy atom. The van der Waals surface area contributed by atoms with E-state index >= 15 is 0 Å². The standard InChI is InChI=1S/C12H8ClNO3/c13-11-4-3-8(6-10(11)12(16)17)14-5-1-2-9(14)7-15/h1-7H,(H,16,17). The summed E-state index contributed by atoms with van der Waals surface area (Å²) in [6.07, 6.45) is 2.38. The molecule has 0 fully saturated rings. The minimum Gasteiger partial charge on any atom is -0.478 e. The Bertz CT molecular complexity index is 589. The number of hydrogen-bond acceptors (Lipinski definition) is 2. The van der Waals surface area contributed by atoms with E-state index in [1.54, 1.807) is 29.0 Å². The molecule has 1 heterocycles. The van der Waals surface area contributed by atoms with Crippen LogP contribution < -0.4 is 0 Å². The van der Waals surface area contributed by atoms with Gasteiger partial charge >= 0.3 is 5.97 Å². The van der Waals surface area contributed by atoms with Gasteiger partial charge in [-0.05, 0) is 30.3 Å². The van der Waals surface area contributed by atoms with Gasteiger partial charge in [0.05, 0.1) is 16.3 Å². The number of aromatic nitrogens is 1. The number of carbonyl (C=O) groups is 2. The molecule has 1 aromatic carbocycles. The highest BCUT2D eigenvalue weighted by atomic mass is 35.5. The fraction of sp³-hybridized carbons (Fsp3) is 0. The number of aldehydes is 1. The Hall–Kier alpha value is -2.07. The molecule has 1 aromatic heterocycles. The number of rotatable bonds is 3. The average molecular weight is 250 g/mol. The summed E-state index contributed by atoms with van der Waals surface area (Å²) in [6.45, 7) is 0. The molecule has 0 radical (unpaired) electrons. The van der Waals surface area contributed by atoms with Gasteiger partial charge in [-0.2, -0.15) is 0 Å². The molecule has 0 saturated carbocycles. The van der Waals surface area contributed by atoms with Crippen molar-refractivity contribution >= 4 is 23.9 Å². The number of benzene rings is 1. The topological polar surface area (TPSA) is 59.3 Å². The summed E-state index contributed by atoms with van der Waals surface area (Å²) in [6, 6.07) is 7.93. The predicted molar refractivity (Wildman–Crippen MR) is 63.1 cm³/mol. The first-order valence-corrected chi connectivity index (χ1v) is 5.17. The third kappa shape index (κ3) is 2.07. The highest BCUT2D eigenvalue weighted by Crippen LogP contribution is 2.21. The Morgan fingerprint density at radius 2 is 2.12 bits per heavy atom. The van der Waals surface area contributed by atoms with Crippen LogP contribution in [0.2, 0.25) is 5.02 Å². The summed E-state index contributed by atoms with van der Waals surface area (Å²) in [5.41, 5.74) is 1.04. The molecule has 0 atom stereocenters. The van der Waals surface area contributed by atoms with Crippen LogP contribution in [0.3, 0.4) is 0 Å². The maximum atomic E-state index is 10.9. The van der Waals surface area contributed by atoms with E-state index in [1.807, 2.05) is 0 Å². The Balaban J connectivity index is 2.57. The molecule has 2 aromatic rings. The molecular weight excluding hydrogens is 242 g/mol. The largest absolute Gasteiger partial charge is 0.478 e. The zero-order valence-corrected chi connectivity index (χ0v) is 9.39. The summed E-state index contributed by atoms with van der Waals surface area (Å²) in [5, 5.41) is 9.12. The van der Waals surface area contributed by atoms with Gasteiger partial charge in [0.2, 0.25) is 0 Å². The van der Waals surface area contributed by atoms with Gasteiger partial charge in [0.25, 0.3) is 0 Å². The number of aromatic carboxylic acids is 1. The molecule has 0 saturated heterocycles. The van der Waals surface area contributed by atoms with Gasteiger partial charge in [-0.1, -0.05) is 11.6 Å². The van der Waals surface area contributed by atoms with E-state index < -0.39 is 5.97 Å². The van der Waals surface area contributed by atoms with Gasteiger partial charge < -0.3 is 9.67 Å². The van der Waals surface area contributed by atoms with Crippen LogP contribution in [-0.4, -0.2) is 21.9 Å². The predicted octanol–water partition coefficient (Wildman–Crippen LogP) is 2.64. The molecule has 5 heteroatoms. The molecule has 0 aliphatic heterocycles. The molecule has 2 rings (SSSR count). The lowest BCUT2D eigenvalue weighted by atomic mass is 10.2. The maximum absolute atomic E-state index is 10.9. The highest BCUT2D eigenvalue weighted by Gasteiger charge is 2.11. The third-order valence-electron chi connectivity index (χ3n) is 2.36. The fourth-order valence-corrected chi connectivity index (χ4v) is 1.75. The number of nitrogens with zero attached hydrogens (tertiary/aromatic N) is 1. The third-order valence-corrected chi connectivity index (χ3v) is 2.69. The van der Waals surface area contributed by atoms with E-state index in [-0.39, 0.29) is 10.6 Å². The smallest absolute Gasteiger partial charge is 0.337 e. The Labute approximate surface area is 102 Å². The molecule has 0 spiro atoms. The molecule has 0 unspecified atom stereocenters. The molecule has 1 N–H and O–H groups in total. The van der Waals surface area contributed by atoms with Crippen LogP contribution in [0.15, 0.2) is 36.5 Å². The van der Waals surface area contributed by atoms with Crippen LogP contribution >= 0.6 is 11.6 Å². The minimum atomic E-state index is -1.10. The first-order chi connectivity index (χ1) is 8.13. The van der Waals surface area contributed by atoms with Crippen molar-refractivity contribution < 1.29 is 14.7 Å². The lowest BCUT2D eigenvalue weighted by molar-refractivity contribution is 0.0697. The van der Waals surface area contributed by atoms with Crippen molar-refractivity contribution in [2.75, 3.05) is 0 Å². The van der Waals surface area contributed by atoms with E-state index in [1.165, 1.54) is 12.1 Å². The van der Waals surface area contributed by atoms with E-state index in [0.717, 1.165) is 0 Å². The molecule has 4 nitrogen and oxygen atoms in total. The second-order valence-corrected chi connectivity index (χ2v) is 3.80. The van der Waals surface area contributed by atoms with E-state index in [0.29, 0.717) is 17.7 Å². The first kappa shape index (κ1) is 11.4. The molecular formula is C12H8ClNO3. The highest BCUT2D eigenvalue weighted by molar-refractivity contribution is 6.33. The monoisotopic (exact) mass is 249 g/mol. The Kier molecular flexibility index (Phi) is 2.97. The van der Waals surface area contributed by atoms with Crippen LogP contribution in [0.25, 0.3) is 5.69 Å². The lowest BCUT2D eigenvalue weighted by Gasteiger charge is -2.07. The summed E-state index contributed by atoms with van der Waals surface area (Å²) < 4.78 is 1.59. The second kappa shape index (κ2) is 4.43. The van der Waals surface area contributed by atoms with E-state index in [2.05, 4.69) is 0 Å². The molecule has 0 aliphatic rings. The number of carbonyl (C=O) groups excluding carboxylic acids is 1. The van der Waals surface area contributed by atoms with Crippen LogP contribution in [-0.2, 0) is 0 Å². The summed E-state index contributed by atoms with van der Waals surface area (Å²) in [5.74, 6) is -1.10. The van der Waals surface area contributed by atoms with Crippen molar-refractivity contribution in [1.29, 1.82) is 0 Å². The number of carboxylic acids is 1. The molecule has 0 aliphatic carbocycles. The average Bonchev–Trinajstić information content (AvgIpc) is 2.77. The molecule has 86 valence electrons. The Morgan fingerprint density at radius 1 is 1.35 bits per heavy atom. The van der Waals surface area contributed by atoms with Crippen LogP contribution in [0.1, 0.15) is 20.8 Å². The van der Waals surface area contributed by atoms with Crippen molar-refractivity contribution in [1.82, 2.24) is 4.57 Å². The second-order valence-electron chi connectivity index (χ2n) is 3.39. The minimum absolute atomic E-state index is 0.00900. The molecule has 0 amide bonds. The van der Waals surface area contributed by atoms with Crippen molar-refractivity contribution in [3.8, 4) is 5.69 Å². The number of carboxylic acid groups (broad SMARTS) is 1. The fourth-order valence-electron chi connectivity index (χ4n) is 1.55. The molecule has 0 bridgehead atoms. The zero-order valence-electron chi connectivity index (χ0n) is 8.63. The first-order valence-electron chi connectivity index (χ1n) is 4.79. The number of halogens is 1. The van der Waals surface area contributed by atoms with Gasteiger partial charge in [0, 0.05) is 11.9 Å². The van der Waals surface area contributed by atoms with Crippen molar-refractivity contribution in [3.05, 3.63) is 52.8 Å². The number of hydrogen-bond donors (Lipinski definition) is 1. The quantitative estimate of drug-likeness (QED) is 0.851. The maximum Gasteiger partial charge on any atom is 0.337 e. The summed E-state index contributed by atoms with van der Waals surface area (Å²) in [4.78, 5) is 21.7. The zero-order chi connectivity index (χ0) is 12.4. The van der Waals surface area contributed by atoms with Gasteiger partial charge in [-0.25, -0.2) is 4.79 Å². The van der Waals surface area contributed by atoms with Crippen LogP contribution in [0, 0.1) is 0 Å². The van der Waals surface area contributed by atoms with Crippen molar-refractivity contribution in [2.45, 2.75) is 0 Å². The molecule has 17 heavy (non-hydrogen) atoms. The van der Waals surface area contributed by atoms with Crippen molar-refractivity contribution in [3.63, 3.8) is 0 Å². The van der Waals surface area contributed by atoms with Gasteiger partial charge in [0.1, 0.15) is 0 Å². The summed E-state index contributed by atoms with van der Waals surface area (Å²) in [7, 11) is 0. The normalized spacial score (nSPS) is 10.2. The lowest BCUT2D eigenvalue weighted by Crippen LogP contribution is -2.02.